The summed E-state index contributed by atoms with van der Waals surface area (Å²) in [5, 5.41) is 14.5. The SMILES string of the molecule is COc1cc(CNC(=O)CSc2nnc(-c3ccccc3)c3ccccc23)cc(OC)c1OC. The number of carbonyl (C=O) groups is 1. The van der Waals surface area contributed by atoms with Crippen molar-refractivity contribution in [2.45, 2.75) is 11.6 Å². The maximum absolute atomic E-state index is 12.6. The van der Waals surface area contributed by atoms with Gasteiger partial charge in [0.1, 0.15) is 10.7 Å². The molecule has 3 aromatic carbocycles. The van der Waals surface area contributed by atoms with Gasteiger partial charge in [-0.25, -0.2) is 0 Å². The summed E-state index contributed by atoms with van der Waals surface area (Å²) in [4.78, 5) is 12.6. The number of amides is 1. The second-order valence-corrected chi connectivity index (χ2v) is 8.33. The third-order valence-electron chi connectivity index (χ3n) is 5.25. The summed E-state index contributed by atoms with van der Waals surface area (Å²) in [6.45, 7) is 0.329. The summed E-state index contributed by atoms with van der Waals surface area (Å²) in [7, 11) is 4.67. The van der Waals surface area contributed by atoms with E-state index in [1.54, 1.807) is 21.3 Å². The fourth-order valence-electron chi connectivity index (χ4n) is 3.62. The zero-order chi connectivity index (χ0) is 23.9. The van der Waals surface area contributed by atoms with Crippen LogP contribution in [-0.2, 0) is 11.3 Å². The van der Waals surface area contributed by atoms with Crippen LogP contribution in [0.4, 0.5) is 0 Å². The Labute approximate surface area is 202 Å². The van der Waals surface area contributed by atoms with E-state index in [9.17, 15) is 4.79 Å². The lowest BCUT2D eigenvalue weighted by Gasteiger charge is -2.14. The van der Waals surface area contributed by atoms with Crippen LogP contribution in [0.25, 0.3) is 22.0 Å². The minimum atomic E-state index is -0.114. The molecule has 0 saturated heterocycles. The van der Waals surface area contributed by atoms with Crippen LogP contribution in [0.15, 0.2) is 71.8 Å². The highest BCUT2D eigenvalue weighted by atomic mass is 32.2. The average Bonchev–Trinajstić information content (AvgIpc) is 2.90. The molecule has 0 aliphatic heterocycles. The molecule has 7 nitrogen and oxygen atoms in total. The normalized spacial score (nSPS) is 10.7. The quantitative estimate of drug-likeness (QED) is 0.350. The van der Waals surface area contributed by atoms with Crippen LogP contribution in [0, 0.1) is 0 Å². The van der Waals surface area contributed by atoms with E-state index in [-0.39, 0.29) is 11.7 Å². The molecule has 0 spiro atoms. The number of nitrogens with zero attached hydrogens (tertiary/aromatic N) is 2. The number of hydrogen-bond donors (Lipinski definition) is 1. The highest BCUT2D eigenvalue weighted by Gasteiger charge is 2.15. The molecule has 1 amide bonds. The van der Waals surface area contributed by atoms with Crippen molar-refractivity contribution in [2.24, 2.45) is 0 Å². The minimum Gasteiger partial charge on any atom is -0.493 e. The molecule has 0 fully saturated rings. The Balaban J connectivity index is 1.45. The van der Waals surface area contributed by atoms with Crippen LogP contribution in [-0.4, -0.2) is 43.2 Å². The van der Waals surface area contributed by atoms with E-state index < -0.39 is 0 Å². The van der Waals surface area contributed by atoms with Crippen LogP contribution in [0.5, 0.6) is 17.2 Å². The predicted molar refractivity (Wildman–Crippen MR) is 134 cm³/mol. The molecular weight excluding hydrogens is 450 g/mol. The Morgan fingerprint density at radius 1 is 0.853 bits per heavy atom. The zero-order valence-electron chi connectivity index (χ0n) is 19.2. The number of benzene rings is 3. The number of fused-ring (bicyclic) bond motifs is 1. The Kier molecular flexibility index (Phi) is 7.49. The first-order valence-corrected chi connectivity index (χ1v) is 11.6. The van der Waals surface area contributed by atoms with E-state index >= 15 is 0 Å². The van der Waals surface area contributed by atoms with E-state index in [1.165, 1.54) is 11.8 Å². The number of rotatable bonds is 9. The first-order chi connectivity index (χ1) is 16.6. The van der Waals surface area contributed by atoms with Crippen molar-refractivity contribution in [3.8, 4) is 28.5 Å². The highest BCUT2D eigenvalue weighted by molar-refractivity contribution is 8.00. The molecule has 1 aromatic heterocycles. The van der Waals surface area contributed by atoms with Crippen molar-refractivity contribution >= 4 is 28.4 Å². The van der Waals surface area contributed by atoms with Gasteiger partial charge in [-0.2, -0.15) is 0 Å². The molecule has 0 saturated carbocycles. The number of aromatic nitrogens is 2. The number of thioether (sulfide) groups is 1. The Bertz CT molecular complexity index is 1270. The van der Waals surface area contributed by atoms with Gasteiger partial charge < -0.3 is 19.5 Å². The van der Waals surface area contributed by atoms with Gasteiger partial charge in [-0.15, -0.1) is 10.2 Å². The average molecular weight is 476 g/mol. The standard InChI is InChI=1S/C26H25N3O4S/c1-31-21-13-17(14-22(32-2)25(21)33-3)15-27-23(30)16-34-26-20-12-8-7-11-19(20)24(28-29-26)18-9-5-4-6-10-18/h4-14H,15-16H2,1-3H3,(H,27,30). The molecule has 0 aliphatic rings. The summed E-state index contributed by atoms with van der Waals surface area (Å²) in [6, 6.07) is 21.6. The number of ether oxygens (including phenoxy) is 3. The maximum atomic E-state index is 12.6. The van der Waals surface area contributed by atoms with Gasteiger partial charge in [-0.05, 0) is 17.7 Å². The van der Waals surface area contributed by atoms with Gasteiger partial charge in [0.15, 0.2) is 11.5 Å². The molecular formula is C26H25N3O4S. The van der Waals surface area contributed by atoms with Crippen LogP contribution >= 0.6 is 11.8 Å². The molecule has 34 heavy (non-hydrogen) atoms. The zero-order valence-corrected chi connectivity index (χ0v) is 20.0. The molecule has 8 heteroatoms. The lowest BCUT2D eigenvalue weighted by atomic mass is 10.1. The second-order valence-electron chi connectivity index (χ2n) is 7.36. The van der Waals surface area contributed by atoms with Gasteiger partial charge in [0.25, 0.3) is 0 Å². The summed E-state index contributed by atoms with van der Waals surface area (Å²) < 4.78 is 16.1. The van der Waals surface area contributed by atoms with Crippen molar-refractivity contribution in [3.63, 3.8) is 0 Å². The maximum Gasteiger partial charge on any atom is 0.230 e. The smallest absolute Gasteiger partial charge is 0.230 e. The van der Waals surface area contributed by atoms with Gasteiger partial charge in [-0.3, -0.25) is 4.79 Å². The van der Waals surface area contributed by atoms with Gasteiger partial charge in [0.2, 0.25) is 11.7 Å². The molecule has 4 rings (SSSR count). The molecule has 1 N–H and O–H groups in total. The van der Waals surface area contributed by atoms with Crippen molar-refractivity contribution in [1.82, 2.24) is 15.5 Å². The van der Waals surface area contributed by atoms with Gasteiger partial charge in [0, 0.05) is 22.9 Å². The minimum absolute atomic E-state index is 0.114. The number of carbonyl (C=O) groups excluding carboxylic acids is 1. The third kappa shape index (κ3) is 5.07. The predicted octanol–water partition coefficient (Wildman–Crippen LogP) is 4.73. The monoisotopic (exact) mass is 475 g/mol. The summed E-state index contributed by atoms with van der Waals surface area (Å²) in [6.07, 6.45) is 0. The first-order valence-electron chi connectivity index (χ1n) is 10.6. The summed E-state index contributed by atoms with van der Waals surface area (Å²) in [5.74, 6) is 1.70. The van der Waals surface area contributed by atoms with Crippen molar-refractivity contribution in [3.05, 3.63) is 72.3 Å². The number of hydrogen-bond acceptors (Lipinski definition) is 7. The van der Waals surface area contributed by atoms with Crippen molar-refractivity contribution in [2.75, 3.05) is 27.1 Å². The van der Waals surface area contributed by atoms with Crippen LogP contribution in [0.3, 0.4) is 0 Å². The van der Waals surface area contributed by atoms with E-state index in [1.807, 2.05) is 66.7 Å². The molecule has 0 bridgehead atoms. The first kappa shape index (κ1) is 23.4. The summed E-state index contributed by atoms with van der Waals surface area (Å²) >= 11 is 1.36. The molecule has 174 valence electrons. The van der Waals surface area contributed by atoms with E-state index in [0.717, 1.165) is 32.6 Å². The fourth-order valence-corrected chi connectivity index (χ4v) is 4.42. The van der Waals surface area contributed by atoms with Crippen LogP contribution in [0.1, 0.15) is 5.56 Å². The number of nitrogens with one attached hydrogen (secondary N) is 1. The molecule has 0 atom stereocenters. The Morgan fingerprint density at radius 3 is 2.15 bits per heavy atom. The lowest BCUT2D eigenvalue weighted by molar-refractivity contribution is -0.118. The largest absolute Gasteiger partial charge is 0.493 e. The van der Waals surface area contributed by atoms with Gasteiger partial charge in [-0.1, -0.05) is 66.4 Å². The molecule has 4 aromatic rings. The van der Waals surface area contributed by atoms with Gasteiger partial charge in [0.05, 0.1) is 27.1 Å². The fraction of sp³-hybridized carbons (Fsp3) is 0.192. The van der Waals surface area contributed by atoms with Crippen molar-refractivity contribution < 1.29 is 19.0 Å². The molecule has 0 aliphatic carbocycles. The van der Waals surface area contributed by atoms with Crippen LogP contribution in [0.2, 0.25) is 0 Å². The Hall–Kier alpha value is -3.78. The lowest BCUT2D eigenvalue weighted by Crippen LogP contribution is -2.24. The third-order valence-corrected chi connectivity index (χ3v) is 6.24. The molecule has 0 radical (unpaired) electrons. The van der Waals surface area contributed by atoms with E-state index in [0.29, 0.717) is 23.8 Å². The Morgan fingerprint density at radius 2 is 1.50 bits per heavy atom. The van der Waals surface area contributed by atoms with E-state index in [2.05, 4.69) is 15.5 Å². The summed E-state index contributed by atoms with van der Waals surface area (Å²) in [5.41, 5.74) is 2.67. The molecule has 1 heterocycles. The van der Waals surface area contributed by atoms with Crippen molar-refractivity contribution in [1.29, 1.82) is 0 Å². The number of methoxy groups -OCH3 is 3. The molecule has 0 unspecified atom stereocenters. The van der Waals surface area contributed by atoms with Crippen LogP contribution < -0.4 is 19.5 Å². The van der Waals surface area contributed by atoms with E-state index in [4.69, 9.17) is 14.2 Å². The van der Waals surface area contributed by atoms with Gasteiger partial charge >= 0.3 is 0 Å². The highest BCUT2D eigenvalue weighted by Crippen LogP contribution is 2.38. The second kappa shape index (κ2) is 10.9. The topological polar surface area (TPSA) is 82.6 Å².